The van der Waals surface area contributed by atoms with Crippen molar-refractivity contribution in [1.82, 2.24) is 0 Å². The second-order valence-corrected chi connectivity index (χ2v) is 4.60. The van der Waals surface area contributed by atoms with E-state index in [9.17, 15) is 0 Å². The summed E-state index contributed by atoms with van der Waals surface area (Å²) < 4.78 is 10.8. The van der Waals surface area contributed by atoms with Crippen LogP contribution in [0.2, 0.25) is 0 Å². The van der Waals surface area contributed by atoms with Crippen molar-refractivity contribution in [2.75, 3.05) is 13.7 Å². The number of para-hydroxylation sites is 2. The molecule has 0 amide bonds. The topological polar surface area (TPSA) is 42.2 Å². The highest BCUT2D eigenvalue weighted by molar-refractivity contribution is 5.39. The summed E-state index contributed by atoms with van der Waals surface area (Å²) in [7, 11) is 1.63. The van der Waals surface area contributed by atoms with Gasteiger partial charge in [0.25, 0.3) is 0 Å². The van der Waals surface area contributed by atoms with Gasteiger partial charge in [0, 0.05) is 0 Å². The van der Waals surface area contributed by atoms with Crippen LogP contribution in [-0.4, -0.2) is 13.7 Å². The summed E-state index contributed by atoms with van der Waals surface area (Å²) in [5.41, 5.74) is -0.274. The number of ether oxygens (including phenoxy) is 2. The van der Waals surface area contributed by atoms with Crippen molar-refractivity contribution in [3.63, 3.8) is 0 Å². The lowest BCUT2D eigenvalue weighted by Gasteiger charge is -2.15. The normalized spacial score (nSPS) is 10.7. The maximum absolute atomic E-state index is 8.88. The van der Waals surface area contributed by atoms with Crippen molar-refractivity contribution >= 4 is 0 Å². The number of methoxy groups -OCH3 is 1. The summed E-state index contributed by atoms with van der Waals surface area (Å²) in [6, 6.07) is 9.86. The molecule has 0 fully saturated rings. The van der Waals surface area contributed by atoms with Gasteiger partial charge >= 0.3 is 0 Å². The lowest BCUT2D eigenvalue weighted by molar-refractivity contribution is 0.270. The van der Waals surface area contributed by atoms with Gasteiger partial charge in [0.05, 0.1) is 25.2 Å². The Morgan fingerprint density at radius 1 is 1.24 bits per heavy atom. The first kappa shape index (κ1) is 13.4. The van der Waals surface area contributed by atoms with Crippen molar-refractivity contribution in [2.24, 2.45) is 5.41 Å². The zero-order valence-corrected chi connectivity index (χ0v) is 10.7. The molecule has 1 rings (SSSR count). The third-order valence-corrected chi connectivity index (χ3v) is 2.58. The number of rotatable bonds is 6. The molecule has 0 aliphatic carbocycles. The van der Waals surface area contributed by atoms with E-state index in [1.54, 1.807) is 7.11 Å². The Morgan fingerprint density at radius 3 is 2.47 bits per heavy atom. The monoisotopic (exact) mass is 233 g/mol. The van der Waals surface area contributed by atoms with Gasteiger partial charge in [-0.1, -0.05) is 12.1 Å². The van der Waals surface area contributed by atoms with Crippen molar-refractivity contribution in [3.05, 3.63) is 24.3 Å². The molecular weight excluding hydrogens is 214 g/mol. The summed E-state index contributed by atoms with van der Waals surface area (Å²) in [6.07, 6.45) is 1.69. The largest absolute Gasteiger partial charge is 0.493 e. The number of hydrogen-bond donors (Lipinski definition) is 0. The van der Waals surface area contributed by atoms with Crippen LogP contribution in [0.25, 0.3) is 0 Å². The molecule has 0 radical (unpaired) electrons. The molecule has 1 aromatic carbocycles. The second-order valence-electron chi connectivity index (χ2n) is 4.60. The van der Waals surface area contributed by atoms with Gasteiger partial charge in [-0.3, -0.25) is 0 Å². The maximum atomic E-state index is 8.88. The van der Waals surface area contributed by atoms with E-state index in [0.29, 0.717) is 6.61 Å². The number of nitriles is 1. The molecule has 0 saturated carbocycles. The van der Waals surface area contributed by atoms with E-state index in [2.05, 4.69) is 6.07 Å². The van der Waals surface area contributed by atoms with E-state index in [1.807, 2.05) is 38.1 Å². The van der Waals surface area contributed by atoms with Gasteiger partial charge in [-0.05, 0) is 38.8 Å². The van der Waals surface area contributed by atoms with Crippen LogP contribution in [-0.2, 0) is 0 Å². The lowest BCUT2D eigenvalue weighted by atomic mass is 9.90. The van der Waals surface area contributed by atoms with Crippen LogP contribution in [0.5, 0.6) is 11.5 Å². The van der Waals surface area contributed by atoms with Crippen LogP contribution in [0.15, 0.2) is 24.3 Å². The van der Waals surface area contributed by atoms with E-state index in [1.165, 1.54) is 0 Å². The molecule has 1 aromatic rings. The maximum Gasteiger partial charge on any atom is 0.161 e. The molecule has 17 heavy (non-hydrogen) atoms. The van der Waals surface area contributed by atoms with Gasteiger partial charge < -0.3 is 9.47 Å². The van der Waals surface area contributed by atoms with Crippen LogP contribution in [0, 0.1) is 16.7 Å². The van der Waals surface area contributed by atoms with E-state index < -0.39 is 0 Å². The molecule has 0 atom stereocenters. The molecule has 3 heteroatoms. The molecule has 0 heterocycles. The molecule has 0 aliphatic heterocycles. The highest BCUT2D eigenvalue weighted by Gasteiger charge is 2.15. The van der Waals surface area contributed by atoms with Crippen LogP contribution in [0.3, 0.4) is 0 Å². The average molecular weight is 233 g/mol. The zero-order chi connectivity index (χ0) is 12.7. The first-order valence-electron chi connectivity index (χ1n) is 5.76. The van der Waals surface area contributed by atoms with E-state index in [-0.39, 0.29) is 5.41 Å². The van der Waals surface area contributed by atoms with Crippen molar-refractivity contribution in [1.29, 1.82) is 5.26 Å². The van der Waals surface area contributed by atoms with Gasteiger partial charge in [0.15, 0.2) is 11.5 Å². The molecule has 0 saturated heterocycles. The second kappa shape index (κ2) is 6.15. The fraction of sp³-hybridized carbons (Fsp3) is 0.500. The summed E-state index contributed by atoms with van der Waals surface area (Å²) in [6.45, 7) is 4.48. The van der Waals surface area contributed by atoms with Gasteiger partial charge in [-0.15, -0.1) is 0 Å². The molecule has 0 unspecified atom stereocenters. The SMILES string of the molecule is COc1ccccc1OCCCC(C)(C)C#N. The molecule has 0 aliphatic rings. The minimum Gasteiger partial charge on any atom is -0.493 e. The van der Waals surface area contributed by atoms with Gasteiger partial charge in [-0.25, -0.2) is 0 Å². The Morgan fingerprint density at radius 2 is 1.88 bits per heavy atom. The fourth-order valence-corrected chi connectivity index (χ4v) is 1.49. The molecule has 0 aromatic heterocycles. The Labute approximate surface area is 103 Å². The number of nitrogens with zero attached hydrogens (tertiary/aromatic N) is 1. The average Bonchev–Trinajstić information content (AvgIpc) is 2.35. The lowest BCUT2D eigenvalue weighted by Crippen LogP contribution is -2.10. The molecule has 92 valence electrons. The summed E-state index contributed by atoms with van der Waals surface area (Å²) in [5.74, 6) is 1.50. The molecule has 0 spiro atoms. The van der Waals surface area contributed by atoms with Gasteiger partial charge in [0.2, 0.25) is 0 Å². The minimum absolute atomic E-state index is 0.274. The summed E-state index contributed by atoms with van der Waals surface area (Å²) >= 11 is 0. The third-order valence-electron chi connectivity index (χ3n) is 2.58. The van der Waals surface area contributed by atoms with Crippen LogP contribution >= 0.6 is 0 Å². The first-order valence-corrected chi connectivity index (χ1v) is 5.76. The highest BCUT2D eigenvalue weighted by atomic mass is 16.5. The first-order chi connectivity index (χ1) is 8.09. The fourth-order valence-electron chi connectivity index (χ4n) is 1.49. The van der Waals surface area contributed by atoms with Crippen LogP contribution in [0.1, 0.15) is 26.7 Å². The van der Waals surface area contributed by atoms with Gasteiger partial charge in [0.1, 0.15) is 0 Å². The molecule has 0 N–H and O–H groups in total. The van der Waals surface area contributed by atoms with Crippen molar-refractivity contribution < 1.29 is 9.47 Å². The standard InChI is InChI=1S/C14H19NO2/c1-14(2,11-15)9-6-10-17-13-8-5-4-7-12(13)16-3/h4-5,7-8H,6,9-10H2,1-3H3. The smallest absolute Gasteiger partial charge is 0.161 e. The Balaban J connectivity index is 2.39. The zero-order valence-electron chi connectivity index (χ0n) is 10.7. The number of benzene rings is 1. The third kappa shape index (κ3) is 4.36. The highest BCUT2D eigenvalue weighted by Crippen LogP contribution is 2.26. The molecular formula is C14H19NO2. The predicted octanol–water partition coefficient (Wildman–Crippen LogP) is 3.40. The Bertz CT molecular complexity index is 393. The van der Waals surface area contributed by atoms with Crippen molar-refractivity contribution in [2.45, 2.75) is 26.7 Å². The molecule has 3 nitrogen and oxygen atoms in total. The Kier molecular flexibility index (Phi) is 4.84. The summed E-state index contributed by atoms with van der Waals surface area (Å²) in [4.78, 5) is 0. The van der Waals surface area contributed by atoms with E-state index in [4.69, 9.17) is 14.7 Å². The van der Waals surface area contributed by atoms with E-state index >= 15 is 0 Å². The number of hydrogen-bond acceptors (Lipinski definition) is 3. The molecule has 0 bridgehead atoms. The van der Waals surface area contributed by atoms with Crippen LogP contribution < -0.4 is 9.47 Å². The predicted molar refractivity (Wildman–Crippen MR) is 67.1 cm³/mol. The summed E-state index contributed by atoms with van der Waals surface area (Å²) in [5, 5.41) is 8.88. The quantitative estimate of drug-likeness (QED) is 0.707. The Hall–Kier alpha value is -1.69. The minimum atomic E-state index is -0.274. The van der Waals surface area contributed by atoms with Crippen LogP contribution in [0.4, 0.5) is 0 Å². The van der Waals surface area contributed by atoms with Gasteiger partial charge in [-0.2, -0.15) is 5.26 Å². The van der Waals surface area contributed by atoms with E-state index in [0.717, 1.165) is 24.3 Å². The van der Waals surface area contributed by atoms with Crippen molar-refractivity contribution in [3.8, 4) is 17.6 Å².